The Hall–Kier alpha value is -1.58. The first-order valence-corrected chi connectivity index (χ1v) is 10.7. The molecular weight excluding hydrogens is 364 g/mol. The number of benzene rings is 1. The van der Waals surface area contributed by atoms with Crippen LogP contribution in [0.3, 0.4) is 0 Å². The number of sulfonamides is 1. The summed E-state index contributed by atoms with van der Waals surface area (Å²) in [7, 11) is -2.28. The van der Waals surface area contributed by atoms with Gasteiger partial charge in [-0.05, 0) is 55.5 Å². The lowest BCUT2D eigenvalue weighted by molar-refractivity contribution is -0.142. The Kier molecular flexibility index (Phi) is 6.86. The minimum absolute atomic E-state index is 0.0187. The molecule has 0 saturated heterocycles. The number of carbonyl (C=O) groups excluding carboxylic acids is 2. The highest BCUT2D eigenvalue weighted by Gasteiger charge is 2.28. The van der Waals surface area contributed by atoms with E-state index in [0.717, 1.165) is 12.8 Å². The molecule has 1 saturated carbocycles. The van der Waals surface area contributed by atoms with Crippen LogP contribution in [0.2, 0.25) is 0 Å². The molecule has 2 N–H and O–H groups in total. The number of hydrogen-bond donors (Lipinski definition) is 2. The summed E-state index contributed by atoms with van der Waals surface area (Å²) in [6.45, 7) is 0. The second-order valence-electron chi connectivity index (χ2n) is 5.75. The summed E-state index contributed by atoms with van der Waals surface area (Å²) in [4.78, 5) is 24.2. The molecule has 0 unspecified atom stereocenters. The largest absolute Gasteiger partial charge is 0.467 e. The van der Waals surface area contributed by atoms with Gasteiger partial charge in [0.2, 0.25) is 10.0 Å². The van der Waals surface area contributed by atoms with Crippen molar-refractivity contribution in [3.8, 4) is 0 Å². The summed E-state index contributed by atoms with van der Waals surface area (Å²) >= 11 is 1.56. The number of esters is 1. The van der Waals surface area contributed by atoms with Crippen LogP contribution in [0.15, 0.2) is 29.2 Å². The maximum absolute atomic E-state index is 12.3. The summed E-state index contributed by atoms with van der Waals surface area (Å²) in [5, 5.41) is 2.63. The van der Waals surface area contributed by atoms with Gasteiger partial charge in [0.15, 0.2) is 0 Å². The van der Waals surface area contributed by atoms with Crippen LogP contribution < -0.4 is 10.0 Å². The molecule has 0 heterocycles. The lowest BCUT2D eigenvalue weighted by Gasteiger charge is -2.16. The fourth-order valence-electron chi connectivity index (χ4n) is 2.14. The lowest BCUT2D eigenvalue weighted by Crippen LogP contribution is -2.41. The van der Waals surface area contributed by atoms with Crippen LogP contribution in [0.4, 0.5) is 0 Å². The standard InChI is InChI=1S/C16H22N2O5S2/c1-23-16(20)14(9-10-24-2)17-15(19)11-3-7-13(8-4-11)25(21,22)18-12-5-6-12/h3-4,7-8,12,14,18H,5-6,9-10H2,1-2H3,(H,17,19)/t14-/m0/s1. The zero-order chi connectivity index (χ0) is 18.4. The predicted molar refractivity (Wildman–Crippen MR) is 96.1 cm³/mol. The summed E-state index contributed by atoms with van der Waals surface area (Å²) in [6.07, 6.45) is 4.07. The van der Waals surface area contributed by atoms with Crippen LogP contribution in [0.25, 0.3) is 0 Å². The topological polar surface area (TPSA) is 102 Å². The van der Waals surface area contributed by atoms with Crippen LogP contribution in [-0.2, 0) is 19.6 Å². The van der Waals surface area contributed by atoms with E-state index in [0.29, 0.717) is 12.2 Å². The Morgan fingerprint density at radius 1 is 1.28 bits per heavy atom. The number of methoxy groups -OCH3 is 1. The maximum Gasteiger partial charge on any atom is 0.328 e. The third kappa shape index (κ3) is 5.72. The molecule has 0 bridgehead atoms. The van der Waals surface area contributed by atoms with Crippen molar-refractivity contribution in [1.29, 1.82) is 0 Å². The van der Waals surface area contributed by atoms with Gasteiger partial charge in [0, 0.05) is 11.6 Å². The van der Waals surface area contributed by atoms with E-state index in [1.165, 1.54) is 31.4 Å². The highest BCUT2D eigenvalue weighted by atomic mass is 32.2. The van der Waals surface area contributed by atoms with Crippen molar-refractivity contribution in [2.75, 3.05) is 19.1 Å². The lowest BCUT2D eigenvalue weighted by atomic mass is 10.1. The van der Waals surface area contributed by atoms with Gasteiger partial charge in [0.05, 0.1) is 12.0 Å². The van der Waals surface area contributed by atoms with Crippen LogP contribution in [0.1, 0.15) is 29.6 Å². The molecule has 1 aromatic rings. The number of thioether (sulfide) groups is 1. The molecule has 2 rings (SSSR count). The van der Waals surface area contributed by atoms with Gasteiger partial charge >= 0.3 is 5.97 Å². The van der Waals surface area contributed by atoms with E-state index in [9.17, 15) is 18.0 Å². The normalized spacial score (nSPS) is 15.4. The molecule has 138 valence electrons. The monoisotopic (exact) mass is 386 g/mol. The number of rotatable bonds is 9. The fraction of sp³-hybridized carbons (Fsp3) is 0.500. The maximum atomic E-state index is 12.3. The summed E-state index contributed by atoms with van der Waals surface area (Å²) in [5.74, 6) is -0.254. The summed E-state index contributed by atoms with van der Waals surface area (Å²) in [6, 6.07) is 4.91. The molecule has 1 aliphatic rings. The van der Waals surface area contributed by atoms with Crippen molar-refractivity contribution in [1.82, 2.24) is 10.0 Å². The van der Waals surface area contributed by atoms with Crippen LogP contribution in [-0.4, -0.2) is 51.5 Å². The van der Waals surface area contributed by atoms with E-state index >= 15 is 0 Å². The van der Waals surface area contributed by atoms with Gasteiger partial charge in [-0.1, -0.05) is 0 Å². The van der Waals surface area contributed by atoms with Crippen molar-refractivity contribution in [2.45, 2.75) is 36.2 Å². The molecule has 7 nitrogen and oxygen atoms in total. The van der Waals surface area contributed by atoms with Crippen molar-refractivity contribution < 1.29 is 22.7 Å². The first-order chi connectivity index (χ1) is 11.9. The van der Waals surface area contributed by atoms with Gasteiger partial charge in [-0.25, -0.2) is 17.9 Å². The third-order valence-corrected chi connectivity index (χ3v) is 5.91. The molecule has 9 heteroatoms. The smallest absolute Gasteiger partial charge is 0.328 e. The van der Waals surface area contributed by atoms with Crippen LogP contribution >= 0.6 is 11.8 Å². The quantitative estimate of drug-likeness (QED) is 0.618. The second kappa shape index (κ2) is 8.68. The van der Waals surface area contributed by atoms with Gasteiger partial charge in [0.1, 0.15) is 6.04 Å². The Bertz CT molecular complexity index is 715. The van der Waals surface area contributed by atoms with Gasteiger partial charge in [-0.15, -0.1) is 0 Å². The van der Waals surface area contributed by atoms with Gasteiger partial charge < -0.3 is 10.1 Å². The highest BCUT2D eigenvalue weighted by molar-refractivity contribution is 7.98. The Labute approximate surface area is 151 Å². The van der Waals surface area contributed by atoms with Crippen molar-refractivity contribution in [3.05, 3.63) is 29.8 Å². The number of ether oxygens (including phenoxy) is 1. The minimum atomic E-state index is -3.55. The molecule has 1 aliphatic carbocycles. The number of hydrogen-bond acceptors (Lipinski definition) is 6. The predicted octanol–water partition coefficient (Wildman–Crippen LogP) is 1.15. The molecule has 0 aromatic heterocycles. The number of nitrogens with one attached hydrogen (secondary N) is 2. The zero-order valence-corrected chi connectivity index (χ0v) is 15.8. The van der Waals surface area contributed by atoms with Crippen molar-refractivity contribution in [2.24, 2.45) is 0 Å². The van der Waals surface area contributed by atoms with E-state index in [2.05, 4.69) is 10.0 Å². The SMILES string of the molecule is COC(=O)[C@H](CCSC)NC(=O)c1ccc(S(=O)(=O)NC2CC2)cc1. The van der Waals surface area contributed by atoms with E-state index in [-0.39, 0.29) is 16.5 Å². The Morgan fingerprint density at radius 2 is 1.92 bits per heavy atom. The molecule has 0 aliphatic heterocycles. The molecule has 0 spiro atoms. The molecule has 1 atom stereocenters. The Balaban J connectivity index is 2.04. The average Bonchev–Trinajstić information content (AvgIpc) is 3.41. The van der Waals surface area contributed by atoms with Gasteiger partial charge in [0.25, 0.3) is 5.91 Å². The van der Waals surface area contributed by atoms with Gasteiger partial charge in [-0.2, -0.15) is 11.8 Å². The van der Waals surface area contributed by atoms with E-state index < -0.39 is 27.9 Å². The molecule has 1 fully saturated rings. The first kappa shape index (κ1) is 19.7. The third-order valence-electron chi connectivity index (χ3n) is 3.73. The minimum Gasteiger partial charge on any atom is -0.467 e. The fourth-order valence-corrected chi connectivity index (χ4v) is 3.92. The molecular formula is C16H22N2O5S2. The summed E-state index contributed by atoms with van der Waals surface area (Å²) in [5.41, 5.74) is 0.281. The summed E-state index contributed by atoms with van der Waals surface area (Å²) < 4.78 is 31.5. The first-order valence-electron chi connectivity index (χ1n) is 7.87. The average molecular weight is 386 g/mol. The van der Waals surface area contributed by atoms with Crippen molar-refractivity contribution in [3.63, 3.8) is 0 Å². The second-order valence-corrected chi connectivity index (χ2v) is 8.45. The molecule has 25 heavy (non-hydrogen) atoms. The van der Waals surface area contributed by atoms with Crippen molar-refractivity contribution >= 4 is 33.7 Å². The Morgan fingerprint density at radius 3 is 2.44 bits per heavy atom. The van der Waals surface area contributed by atoms with Crippen LogP contribution in [0, 0.1) is 0 Å². The zero-order valence-electron chi connectivity index (χ0n) is 14.2. The van der Waals surface area contributed by atoms with E-state index in [4.69, 9.17) is 4.74 Å². The van der Waals surface area contributed by atoms with E-state index in [1.807, 2.05) is 6.26 Å². The molecule has 0 radical (unpaired) electrons. The number of carbonyl (C=O) groups is 2. The van der Waals surface area contributed by atoms with E-state index in [1.54, 1.807) is 11.8 Å². The van der Waals surface area contributed by atoms with Gasteiger partial charge in [-0.3, -0.25) is 4.79 Å². The molecule has 1 amide bonds. The molecule has 1 aromatic carbocycles. The highest BCUT2D eigenvalue weighted by Crippen LogP contribution is 2.22. The number of amides is 1. The van der Waals surface area contributed by atoms with Crippen LogP contribution in [0.5, 0.6) is 0 Å².